The van der Waals surface area contributed by atoms with E-state index in [1.807, 2.05) is 50.0 Å². The van der Waals surface area contributed by atoms with Gasteiger partial charge in [0.1, 0.15) is 6.10 Å². The van der Waals surface area contributed by atoms with Gasteiger partial charge < -0.3 is 24.8 Å². The number of ether oxygens (including phenoxy) is 3. The molecule has 2 fully saturated rings. The zero-order chi connectivity index (χ0) is 20.5. The van der Waals surface area contributed by atoms with E-state index in [2.05, 4.69) is 20.5 Å². The number of thioether (sulfide) groups is 1. The highest BCUT2D eigenvalue weighted by atomic mass is 127. The van der Waals surface area contributed by atoms with Crippen LogP contribution in [-0.2, 0) is 4.74 Å². The number of halogens is 1. The first kappa shape index (κ1) is 25.4. The third kappa shape index (κ3) is 6.80. The Hall–Kier alpha value is -0.910. The molecule has 0 saturated carbocycles. The molecule has 0 radical (unpaired) electrons. The molecule has 1 aromatic rings. The highest BCUT2D eigenvalue weighted by molar-refractivity contribution is 14.0. The highest BCUT2D eigenvalue weighted by Gasteiger charge is 2.40. The molecule has 30 heavy (non-hydrogen) atoms. The normalized spacial score (nSPS) is 23.4. The molecule has 2 aliphatic rings. The van der Waals surface area contributed by atoms with Crippen molar-refractivity contribution < 1.29 is 14.2 Å². The summed E-state index contributed by atoms with van der Waals surface area (Å²) in [6.45, 7) is 7.26. The van der Waals surface area contributed by atoms with Crippen molar-refractivity contribution in [1.29, 1.82) is 0 Å². The largest absolute Gasteiger partial charge is 0.493 e. The lowest BCUT2D eigenvalue weighted by atomic mass is 9.95. The molecular weight excluding hydrogens is 515 g/mol. The van der Waals surface area contributed by atoms with Gasteiger partial charge in [-0.25, -0.2) is 0 Å². The molecule has 170 valence electrons. The number of guanidine groups is 1. The summed E-state index contributed by atoms with van der Waals surface area (Å²) < 4.78 is 16.9. The van der Waals surface area contributed by atoms with Gasteiger partial charge in [0.05, 0.1) is 26.9 Å². The molecule has 2 aliphatic heterocycles. The van der Waals surface area contributed by atoms with Crippen LogP contribution in [-0.4, -0.2) is 87.6 Å². The van der Waals surface area contributed by atoms with Crippen molar-refractivity contribution in [2.45, 2.75) is 25.0 Å². The van der Waals surface area contributed by atoms with Gasteiger partial charge in [-0.15, -0.1) is 24.0 Å². The molecule has 2 saturated heterocycles. The Kier molecular flexibility index (Phi) is 10.8. The van der Waals surface area contributed by atoms with Gasteiger partial charge in [0, 0.05) is 38.0 Å². The number of hydrogen-bond donors (Lipinski definition) is 2. The fourth-order valence-corrected chi connectivity index (χ4v) is 5.30. The fourth-order valence-electron chi connectivity index (χ4n) is 3.82. The van der Waals surface area contributed by atoms with Crippen LogP contribution >= 0.6 is 35.7 Å². The van der Waals surface area contributed by atoms with Crippen molar-refractivity contribution >= 4 is 41.7 Å². The maximum atomic E-state index is 6.03. The van der Waals surface area contributed by atoms with Crippen LogP contribution < -0.4 is 20.1 Å². The second-order valence-electron chi connectivity index (χ2n) is 7.51. The van der Waals surface area contributed by atoms with Crippen molar-refractivity contribution in [3.8, 4) is 11.5 Å². The minimum atomic E-state index is -0.0277. The van der Waals surface area contributed by atoms with E-state index >= 15 is 0 Å². The second-order valence-corrected chi connectivity index (χ2v) is 8.62. The van der Waals surface area contributed by atoms with Crippen LogP contribution in [0.25, 0.3) is 0 Å². The third-order valence-corrected chi connectivity index (χ3v) is 6.76. The molecule has 2 atom stereocenters. The van der Waals surface area contributed by atoms with Crippen LogP contribution in [0, 0.1) is 0 Å². The minimum Gasteiger partial charge on any atom is -0.493 e. The molecule has 0 spiro atoms. The number of morpholine rings is 1. The summed E-state index contributed by atoms with van der Waals surface area (Å²) in [6, 6.07) is 7.71. The van der Waals surface area contributed by atoms with Gasteiger partial charge >= 0.3 is 0 Å². The monoisotopic (exact) mass is 550 g/mol. The molecule has 0 amide bonds. The summed E-state index contributed by atoms with van der Waals surface area (Å²) in [5.74, 6) is 4.68. The molecule has 0 bridgehead atoms. The van der Waals surface area contributed by atoms with Crippen molar-refractivity contribution in [3.05, 3.63) is 24.3 Å². The van der Waals surface area contributed by atoms with Gasteiger partial charge in [-0.05, 0) is 31.2 Å². The Labute approximate surface area is 201 Å². The SMILES string of the molecule is CN=C(NCC(C)Oc1ccccc1OC)NCC1(N2CCOCC2)CCSC1.I. The number of rotatable bonds is 8. The average Bonchev–Trinajstić information content (AvgIpc) is 3.25. The smallest absolute Gasteiger partial charge is 0.191 e. The topological polar surface area (TPSA) is 67.4 Å². The Bertz CT molecular complexity index is 667. The van der Waals surface area contributed by atoms with Gasteiger partial charge in [-0.3, -0.25) is 9.89 Å². The first-order chi connectivity index (χ1) is 14.2. The van der Waals surface area contributed by atoms with E-state index < -0.39 is 0 Å². The lowest BCUT2D eigenvalue weighted by Gasteiger charge is -2.43. The number of methoxy groups -OCH3 is 1. The van der Waals surface area contributed by atoms with Gasteiger partial charge in [0.25, 0.3) is 0 Å². The average molecular weight is 551 g/mol. The van der Waals surface area contributed by atoms with E-state index in [1.165, 1.54) is 12.2 Å². The first-order valence-electron chi connectivity index (χ1n) is 10.3. The molecule has 0 aliphatic carbocycles. The van der Waals surface area contributed by atoms with E-state index in [1.54, 1.807) is 7.11 Å². The summed E-state index contributed by atoms with van der Waals surface area (Å²) in [5.41, 5.74) is 0.186. The lowest BCUT2D eigenvalue weighted by Crippen LogP contribution is -2.60. The molecule has 3 rings (SSSR count). The molecule has 2 heterocycles. The highest BCUT2D eigenvalue weighted by Crippen LogP contribution is 2.33. The lowest BCUT2D eigenvalue weighted by molar-refractivity contribution is -0.0120. The van der Waals surface area contributed by atoms with E-state index in [0.29, 0.717) is 6.54 Å². The Morgan fingerprint density at radius 3 is 2.63 bits per heavy atom. The van der Waals surface area contributed by atoms with Crippen molar-refractivity contribution in [3.63, 3.8) is 0 Å². The van der Waals surface area contributed by atoms with Crippen molar-refractivity contribution in [1.82, 2.24) is 15.5 Å². The predicted octanol–water partition coefficient (Wildman–Crippen LogP) is 2.45. The fraction of sp³-hybridized carbons (Fsp3) is 0.667. The summed E-state index contributed by atoms with van der Waals surface area (Å²) in [7, 11) is 3.47. The van der Waals surface area contributed by atoms with Crippen molar-refractivity contribution in [2.75, 3.05) is 65.1 Å². The van der Waals surface area contributed by atoms with Crippen LogP contribution in [0.2, 0.25) is 0 Å². The van der Waals surface area contributed by atoms with Gasteiger partial charge in [-0.2, -0.15) is 11.8 Å². The van der Waals surface area contributed by atoms with E-state index in [-0.39, 0.29) is 35.6 Å². The van der Waals surface area contributed by atoms with E-state index in [9.17, 15) is 0 Å². The molecule has 9 heteroatoms. The molecule has 1 aromatic carbocycles. The number of para-hydroxylation sites is 2. The second kappa shape index (κ2) is 12.8. The van der Waals surface area contributed by atoms with Crippen LogP contribution in [0.5, 0.6) is 11.5 Å². The summed E-state index contributed by atoms with van der Waals surface area (Å²) in [4.78, 5) is 7.00. The Balaban J connectivity index is 0.00000320. The van der Waals surface area contributed by atoms with Crippen LogP contribution in [0.1, 0.15) is 13.3 Å². The molecule has 2 N–H and O–H groups in total. The molecular formula is C21H35IN4O3S. The Morgan fingerprint density at radius 2 is 2.00 bits per heavy atom. The minimum absolute atomic E-state index is 0. The molecule has 7 nitrogen and oxygen atoms in total. The van der Waals surface area contributed by atoms with Crippen LogP contribution in [0.4, 0.5) is 0 Å². The maximum absolute atomic E-state index is 6.03. The number of hydrogen-bond acceptors (Lipinski definition) is 6. The van der Waals surface area contributed by atoms with E-state index in [4.69, 9.17) is 14.2 Å². The third-order valence-electron chi connectivity index (χ3n) is 5.53. The van der Waals surface area contributed by atoms with Gasteiger partial charge in [0.2, 0.25) is 0 Å². The summed E-state index contributed by atoms with van der Waals surface area (Å²) in [5, 5.41) is 6.95. The number of benzene rings is 1. The van der Waals surface area contributed by atoms with Crippen molar-refractivity contribution in [2.24, 2.45) is 4.99 Å². The van der Waals surface area contributed by atoms with Gasteiger partial charge in [-0.1, -0.05) is 12.1 Å². The number of nitrogens with zero attached hydrogens (tertiary/aromatic N) is 2. The predicted molar refractivity (Wildman–Crippen MR) is 135 cm³/mol. The maximum Gasteiger partial charge on any atom is 0.191 e. The molecule has 2 unspecified atom stereocenters. The first-order valence-corrected chi connectivity index (χ1v) is 11.5. The van der Waals surface area contributed by atoms with Gasteiger partial charge in [0.15, 0.2) is 17.5 Å². The zero-order valence-electron chi connectivity index (χ0n) is 18.2. The van der Waals surface area contributed by atoms with E-state index in [0.717, 1.165) is 56.1 Å². The summed E-state index contributed by atoms with van der Waals surface area (Å²) >= 11 is 2.04. The standard InChI is InChI=1S/C21H34N4O3S.HI/c1-17(28-19-7-5-4-6-18(19)26-3)14-23-20(22-2)24-15-21(8-13-29-16-21)25-9-11-27-12-10-25;/h4-7,17H,8-16H2,1-3H3,(H2,22,23,24);1H. The quantitative estimate of drug-likeness (QED) is 0.293. The van der Waals surface area contributed by atoms with Crippen LogP contribution in [0.15, 0.2) is 29.3 Å². The number of nitrogens with one attached hydrogen (secondary N) is 2. The molecule has 0 aromatic heterocycles. The Morgan fingerprint density at radius 1 is 1.27 bits per heavy atom. The summed E-state index contributed by atoms with van der Waals surface area (Å²) in [6.07, 6.45) is 1.18. The van der Waals surface area contributed by atoms with Crippen LogP contribution in [0.3, 0.4) is 0 Å². The zero-order valence-corrected chi connectivity index (χ0v) is 21.3. The number of aliphatic imine (C=N–C) groups is 1.